The zero-order chi connectivity index (χ0) is 17.0. The second-order valence-corrected chi connectivity index (χ2v) is 5.88. The van der Waals surface area contributed by atoms with Crippen LogP contribution in [-0.2, 0) is 14.3 Å². The smallest absolute Gasteiger partial charge is 0.458 e. The van der Waals surface area contributed by atoms with E-state index in [1.54, 1.807) is 25.2 Å². The number of amides is 1. The minimum Gasteiger partial charge on any atom is -0.458 e. The van der Waals surface area contributed by atoms with Crippen LogP contribution in [0.2, 0.25) is 0 Å². The van der Waals surface area contributed by atoms with Crippen LogP contribution in [-0.4, -0.2) is 29.7 Å². The monoisotopic (exact) mass is 308 g/mol. The van der Waals surface area contributed by atoms with Crippen molar-refractivity contribution in [2.75, 3.05) is 0 Å². The van der Waals surface area contributed by atoms with E-state index in [1.807, 2.05) is 0 Å². The van der Waals surface area contributed by atoms with Gasteiger partial charge in [-0.15, -0.1) is 0 Å². The van der Waals surface area contributed by atoms with Gasteiger partial charge in [0.1, 0.15) is 11.6 Å². The summed E-state index contributed by atoms with van der Waals surface area (Å²) in [7, 11) is 0. The number of halogens is 3. The molecule has 0 saturated carbocycles. The molecule has 0 aliphatic heterocycles. The van der Waals surface area contributed by atoms with Crippen molar-refractivity contribution in [3.63, 3.8) is 0 Å². The molecule has 0 aromatic carbocycles. The van der Waals surface area contributed by atoms with Crippen LogP contribution in [0.4, 0.5) is 13.2 Å². The second-order valence-electron chi connectivity index (χ2n) is 5.88. The molecule has 1 amide bonds. The molecule has 5 nitrogen and oxygen atoms in total. The van der Waals surface area contributed by atoms with E-state index in [0.717, 1.165) is 0 Å². The van der Waals surface area contributed by atoms with Gasteiger partial charge >= 0.3 is 18.1 Å². The number of hydrogen-bond acceptors (Lipinski definition) is 4. The highest BCUT2D eigenvalue weighted by molar-refractivity contribution is 5.88. The highest BCUT2D eigenvalue weighted by Crippen LogP contribution is 2.21. The summed E-state index contributed by atoms with van der Waals surface area (Å²) in [6, 6.07) is 0.0647. The molecular formula is C13H19F3N2O3. The molecule has 0 saturated heterocycles. The molecule has 0 aliphatic carbocycles. The Morgan fingerprint density at radius 1 is 1.19 bits per heavy atom. The molecule has 21 heavy (non-hydrogen) atoms. The van der Waals surface area contributed by atoms with Gasteiger partial charge in [0.05, 0.1) is 12.0 Å². The molecule has 0 rings (SSSR count). The highest BCUT2D eigenvalue weighted by Gasteiger charge is 2.44. The molecule has 0 bridgehead atoms. The lowest BCUT2D eigenvalue weighted by molar-refractivity contribution is -0.178. The van der Waals surface area contributed by atoms with Gasteiger partial charge in [0, 0.05) is 0 Å². The first kappa shape index (κ1) is 19.2. The Labute approximate surface area is 121 Å². The van der Waals surface area contributed by atoms with E-state index >= 15 is 0 Å². The SMILES string of the molecule is CC(C)[C@@H](C#N)[C@H](NC(=O)C(F)(F)F)C(=O)OC(C)(C)C. The summed E-state index contributed by atoms with van der Waals surface area (Å²) < 4.78 is 42.0. The van der Waals surface area contributed by atoms with Gasteiger partial charge in [-0.2, -0.15) is 18.4 Å². The van der Waals surface area contributed by atoms with Crippen LogP contribution >= 0.6 is 0 Å². The van der Waals surface area contributed by atoms with Crippen LogP contribution in [0.5, 0.6) is 0 Å². The number of ether oxygens (including phenoxy) is 1. The first-order valence-electron chi connectivity index (χ1n) is 6.29. The normalized spacial score (nSPS) is 15.0. The molecule has 0 radical (unpaired) electrons. The van der Waals surface area contributed by atoms with Gasteiger partial charge in [-0.1, -0.05) is 13.8 Å². The van der Waals surface area contributed by atoms with Crippen LogP contribution in [0, 0.1) is 23.2 Å². The molecule has 0 spiro atoms. The number of rotatable bonds is 4. The summed E-state index contributed by atoms with van der Waals surface area (Å²) in [6.07, 6.45) is -5.14. The average molecular weight is 308 g/mol. The van der Waals surface area contributed by atoms with Crippen molar-refractivity contribution in [2.45, 2.75) is 52.4 Å². The zero-order valence-electron chi connectivity index (χ0n) is 12.5. The maximum absolute atomic E-state index is 12.3. The molecular weight excluding hydrogens is 289 g/mol. The van der Waals surface area contributed by atoms with Gasteiger partial charge < -0.3 is 10.1 Å². The van der Waals surface area contributed by atoms with Crippen molar-refractivity contribution in [2.24, 2.45) is 11.8 Å². The molecule has 2 atom stereocenters. The third-order valence-corrected chi connectivity index (χ3v) is 2.43. The van der Waals surface area contributed by atoms with E-state index in [2.05, 4.69) is 0 Å². The largest absolute Gasteiger partial charge is 0.471 e. The van der Waals surface area contributed by atoms with Crippen LogP contribution in [0.3, 0.4) is 0 Å². The van der Waals surface area contributed by atoms with Crippen molar-refractivity contribution >= 4 is 11.9 Å². The van der Waals surface area contributed by atoms with E-state index < -0.39 is 41.5 Å². The summed E-state index contributed by atoms with van der Waals surface area (Å²) in [5.41, 5.74) is -0.949. The third-order valence-electron chi connectivity index (χ3n) is 2.43. The average Bonchev–Trinajstić information content (AvgIpc) is 2.24. The fourth-order valence-corrected chi connectivity index (χ4v) is 1.49. The Balaban J connectivity index is 5.35. The molecule has 0 unspecified atom stereocenters. The predicted molar refractivity (Wildman–Crippen MR) is 67.8 cm³/mol. The summed E-state index contributed by atoms with van der Waals surface area (Å²) in [6.45, 7) is 7.72. The fraction of sp³-hybridized carbons (Fsp3) is 0.769. The van der Waals surface area contributed by atoms with E-state index in [1.165, 1.54) is 20.8 Å². The maximum Gasteiger partial charge on any atom is 0.471 e. The number of hydrogen-bond donors (Lipinski definition) is 1. The lowest BCUT2D eigenvalue weighted by Gasteiger charge is -2.28. The van der Waals surface area contributed by atoms with Crippen molar-refractivity contribution in [3.8, 4) is 6.07 Å². The van der Waals surface area contributed by atoms with Gasteiger partial charge in [-0.05, 0) is 26.7 Å². The minimum absolute atomic E-state index is 0.443. The van der Waals surface area contributed by atoms with Crippen molar-refractivity contribution in [1.82, 2.24) is 5.32 Å². The van der Waals surface area contributed by atoms with E-state index in [0.29, 0.717) is 0 Å². The summed E-state index contributed by atoms with van der Waals surface area (Å²) in [5, 5.41) is 10.6. The number of carbonyl (C=O) groups is 2. The molecule has 0 aromatic rings. The quantitative estimate of drug-likeness (QED) is 0.807. The van der Waals surface area contributed by atoms with Crippen LogP contribution in [0.1, 0.15) is 34.6 Å². The van der Waals surface area contributed by atoms with E-state index in [-0.39, 0.29) is 0 Å². The third kappa shape index (κ3) is 6.47. The Morgan fingerprint density at radius 2 is 1.67 bits per heavy atom. The molecule has 8 heteroatoms. The lowest BCUT2D eigenvalue weighted by atomic mass is 9.89. The van der Waals surface area contributed by atoms with Gasteiger partial charge in [-0.25, -0.2) is 4.79 Å². The minimum atomic E-state index is -5.14. The Morgan fingerprint density at radius 3 is 1.95 bits per heavy atom. The maximum atomic E-state index is 12.3. The number of nitriles is 1. The van der Waals surface area contributed by atoms with E-state index in [9.17, 15) is 22.8 Å². The molecule has 0 aromatic heterocycles. The van der Waals surface area contributed by atoms with E-state index in [4.69, 9.17) is 10.00 Å². The van der Waals surface area contributed by atoms with Gasteiger partial charge in [0.25, 0.3) is 0 Å². The molecule has 1 N–H and O–H groups in total. The number of nitrogens with one attached hydrogen (secondary N) is 1. The van der Waals surface area contributed by atoms with Crippen LogP contribution < -0.4 is 5.32 Å². The predicted octanol–water partition coefficient (Wildman–Crippen LogP) is 2.17. The second kappa shape index (κ2) is 6.78. The van der Waals surface area contributed by atoms with Gasteiger partial charge in [0.15, 0.2) is 0 Å². The lowest BCUT2D eigenvalue weighted by Crippen LogP contribution is -2.53. The summed E-state index contributed by atoms with van der Waals surface area (Å²) in [5.74, 6) is -4.92. The number of alkyl halides is 3. The van der Waals surface area contributed by atoms with Crippen molar-refractivity contribution in [1.29, 1.82) is 5.26 Å². The number of nitrogens with zero attached hydrogens (tertiary/aromatic N) is 1. The zero-order valence-corrected chi connectivity index (χ0v) is 12.5. The van der Waals surface area contributed by atoms with Gasteiger partial charge in [0.2, 0.25) is 0 Å². The fourth-order valence-electron chi connectivity index (χ4n) is 1.49. The number of carbonyl (C=O) groups excluding carboxylic acids is 2. The molecule has 120 valence electrons. The molecule has 0 heterocycles. The molecule has 0 aliphatic rings. The number of esters is 1. The van der Waals surface area contributed by atoms with Crippen LogP contribution in [0.25, 0.3) is 0 Å². The molecule has 0 fully saturated rings. The van der Waals surface area contributed by atoms with Crippen molar-refractivity contribution < 1.29 is 27.5 Å². The van der Waals surface area contributed by atoms with Crippen LogP contribution in [0.15, 0.2) is 0 Å². The summed E-state index contributed by atoms with van der Waals surface area (Å²) in [4.78, 5) is 23.0. The first-order chi connectivity index (χ1) is 9.29. The Bertz CT molecular complexity index is 433. The summed E-state index contributed by atoms with van der Waals surface area (Å²) >= 11 is 0. The van der Waals surface area contributed by atoms with Gasteiger partial charge in [-0.3, -0.25) is 4.79 Å². The van der Waals surface area contributed by atoms with Crippen molar-refractivity contribution in [3.05, 3.63) is 0 Å². The highest BCUT2D eigenvalue weighted by atomic mass is 19.4. The Kier molecular flexibility index (Phi) is 6.21. The Hall–Kier alpha value is -1.78. The first-order valence-corrected chi connectivity index (χ1v) is 6.29. The standard InChI is InChI=1S/C13H19F3N2O3/c1-7(2)8(6-17)9(10(19)21-12(3,4)5)18-11(20)13(14,15)16/h7-9H,1-5H3,(H,18,20)/t8-,9+/m1/s1. The topological polar surface area (TPSA) is 79.2 Å².